The lowest BCUT2D eigenvalue weighted by atomic mass is 9.99. The number of aromatic nitrogens is 1. The molecule has 0 fully saturated rings. The van der Waals surface area contributed by atoms with Crippen LogP contribution in [0.25, 0.3) is 10.1 Å². The number of benzene rings is 1. The summed E-state index contributed by atoms with van der Waals surface area (Å²) in [4.78, 5) is 5.11. The zero-order valence-corrected chi connectivity index (χ0v) is 11.8. The first-order chi connectivity index (χ1) is 9.65. The fraction of sp³-hybridized carbons (Fsp3) is 0.188. The third-order valence-electron chi connectivity index (χ3n) is 3.42. The van der Waals surface area contributed by atoms with Crippen LogP contribution in [0.1, 0.15) is 29.5 Å². The summed E-state index contributed by atoms with van der Waals surface area (Å²) in [5.74, 6) is -0.354. The number of hydrogen-bond acceptors (Lipinski definition) is 3. The molecule has 0 aliphatic heterocycles. The van der Waals surface area contributed by atoms with Crippen LogP contribution in [0.4, 0.5) is 4.39 Å². The Hall–Kier alpha value is -1.78. The molecule has 2 nitrogen and oxygen atoms in total. The van der Waals surface area contributed by atoms with Crippen molar-refractivity contribution in [1.82, 2.24) is 4.98 Å². The van der Waals surface area contributed by atoms with Gasteiger partial charge in [0.2, 0.25) is 0 Å². The van der Waals surface area contributed by atoms with Crippen LogP contribution in [0, 0.1) is 5.82 Å². The predicted molar refractivity (Wildman–Crippen MR) is 79.4 cm³/mol. The average Bonchev–Trinajstić information content (AvgIpc) is 2.89. The molecule has 3 aromatic rings. The van der Waals surface area contributed by atoms with Crippen molar-refractivity contribution in [1.29, 1.82) is 0 Å². The number of pyridine rings is 1. The van der Waals surface area contributed by atoms with Crippen LogP contribution in [0.2, 0.25) is 0 Å². The molecule has 1 aromatic carbocycles. The van der Waals surface area contributed by atoms with Gasteiger partial charge in [-0.15, -0.1) is 11.3 Å². The van der Waals surface area contributed by atoms with E-state index in [2.05, 4.69) is 4.98 Å². The Morgan fingerprint density at radius 3 is 2.80 bits per heavy atom. The molecule has 0 amide bonds. The normalized spacial score (nSPS) is 14.3. The van der Waals surface area contributed by atoms with Gasteiger partial charge in [0.05, 0.1) is 6.10 Å². The van der Waals surface area contributed by atoms with Gasteiger partial charge in [0, 0.05) is 27.4 Å². The molecule has 3 rings (SSSR count). The zero-order valence-electron chi connectivity index (χ0n) is 11.0. The molecule has 0 bridgehead atoms. The van der Waals surface area contributed by atoms with E-state index in [1.165, 1.54) is 23.5 Å². The number of thiophene rings is 1. The SMILES string of the molecule is CC(c1ccccn1)C(O)c1cc2ccc(F)cc2s1. The summed E-state index contributed by atoms with van der Waals surface area (Å²) in [6, 6.07) is 12.3. The molecule has 0 saturated carbocycles. The standard InChI is InChI=1S/C16H14FNOS/c1-10(13-4-2-3-7-18-13)16(19)15-8-11-5-6-12(17)9-14(11)20-15/h2-10,16,19H,1H3. The second kappa shape index (κ2) is 5.31. The van der Waals surface area contributed by atoms with Gasteiger partial charge in [-0.25, -0.2) is 4.39 Å². The van der Waals surface area contributed by atoms with Gasteiger partial charge in [0.1, 0.15) is 5.82 Å². The second-order valence-electron chi connectivity index (χ2n) is 4.82. The molecule has 4 heteroatoms. The van der Waals surface area contributed by atoms with E-state index in [0.29, 0.717) is 0 Å². The highest BCUT2D eigenvalue weighted by atomic mass is 32.1. The first-order valence-corrected chi connectivity index (χ1v) is 7.25. The molecule has 0 saturated heterocycles. The molecule has 0 aliphatic rings. The van der Waals surface area contributed by atoms with E-state index in [4.69, 9.17) is 0 Å². The average molecular weight is 287 g/mol. The van der Waals surface area contributed by atoms with E-state index < -0.39 is 6.10 Å². The summed E-state index contributed by atoms with van der Waals surface area (Å²) in [5.41, 5.74) is 0.851. The van der Waals surface area contributed by atoms with E-state index >= 15 is 0 Å². The van der Waals surface area contributed by atoms with Crippen molar-refractivity contribution in [2.75, 3.05) is 0 Å². The minimum absolute atomic E-state index is 0.103. The number of halogens is 1. The molecule has 2 unspecified atom stereocenters. The van der Waals surface area contributed by atoms with Crippen molar-refractivity contribution in [3.05, 3.63) is 65.0 Å². The lowest BCUT2D eigenvalue weighted by molar-refractivity contribution is 0.154. The van der Waals surface area contributed by atoms with Crippen LogP contribution >= 0.6 is 11.3 Å². The number of rotatable bonds is 3. The molecule has 2 heterocycles. The maximum atomic E-state index is 13.2. The summed E-state index contributed by atoms with van der Waals surface area (Å²) in [7, 11) is 0. The van der Waals surface area contributed by atoms with E-state index in [0.717, 1.165) is 20.7 Å². The van der Waals surface area contributed by atoms with E-state index in [9.17, 15) is 9.50 Å². The summed E-state index contributed by atoms with van der Waals surface area (Å²) in [5, 5.41) is 11.4. The Bertz CT molecular complexity index is 726. The predicted octanol–water partition coefficient (Wildman–Crippen LogP) is 4.27. The minimum atomic E-state index is -0.634. The van der Waals surface area contributed by atoms with Gasteiger partial charge >= 0.3 is 0 Å². The number of aliphatic hydroxyl groups excluding tert-OH is 1. The van der Waals surface area contributed by atoms with E-state index in [-0.39, 0.29) is 11.7 Å². The Morgan fingerprint density at radius 1 is 1.20 bits per heavy atom. The number of nitrogens with zero attached hydrogens (tertiary/aromatic N) is 1. The molecule has 0 radical (unpaired) electrons. The van der Waals surface area contributed by atoms with Gasteiger partial charge in [-0.1, -0.05) is 19.1 Å². The molecular weight excluding hydrogens is 273 g/mol. The minimum Gasteiger partial charge on any atom is -0.387 e. The second-order valence-corrected chi connectivity index (χ2v) is 5.93. The number of aliphatic hydroxyl groups is 1. The highest BCUT2D eigenvalue weighted by Gasteiger charge is 2.21. The van der Waals surface area contributed by atoms with Crippen LogP contribution in [0.15, 0.2) is 48.7 Å². The third kappa shape index (κ3) is 2.44. The van der Waals surface area contributed by atoms with Crippen LogP contribution in [0.3, 0.4) is 0 Å². The van der Waals surface area contributed by atoms with Gasteiger partial charge in [-0.3, -0.25) is 4.98 Å². The van der Waals surface area contributed by atoms with Crippen molar-refractivity contribution in [2.24, 2.45) is 0 Å². The largest absolute Gasteiger partial charge is 0.387 e. The van der Waals surface area contributed by atoms with Crippen molar-refractivity contribution in [3.8, 4) is 0 Å². The Morgan fingerprint density at radius 2 is 2.05 bits per heavy atom. The smallest absolute Gasteiger partial charge is 0.124 e. The molecule has 20 heavy (non-hydrogen) atoms. The quantitative estimate of drug-likeness (QED) is 0.780. The summed E-state index contributed by atoms with van der Waals surface area (Å²) in [6.45, 7) is 1.94. The van der Waals surface area contributed by atoms with Crippen LogP contribution in [-0.4, -0.2) is 10.1 Å². The molecule has 1 N–H and O–H groups in total. The maximum absolute atomic E-state index is 13.2. The van der Waals surface area contributed by atoms with E-state index in [1.807, 2.05) is 31.2 Å². The van der Waals surface area contributed by atoms with E-state index in [1.54, 1.807) is 12.3 Å². The van der Waals surface area contributed by atoms with Gasteiger partial charge in [-0.2, -0.15) is 0 Å². The summed E-state index contributed by atoms with van der Waals surface area (Å²) >= 11 is 1.42. The summed E-state index contributed by atoms with van der Waals surface area (Å²) in [6.07, 6.45) is 1.09. The topological polar surface area (TPSA) is 33.1 Å². The number of fused-ring (bicyclic) bond motifs is 1. The Balaban J connectivity index is 1.94. The van der Waals surface area contributed by atoms with Gasteiger partial charge < -0.3 is 5.11 Å². The third-order valence-corrected chi connectivity index (χ3v) is 4.59. The fourth-order valence-electron chi connectivity index (χ4n) is 2.22. The van der Waals surface area contributed by atoms with Gasteiger partial charge in [0.15, 0.2) is 0 Å². The lowest BCUT2D eigenvalue weighted by Gasteiger charge is -2.16. The fourth-order valence-corrected chi connectivity index (χ4v) is 3.41. The lowest BCUT2D eigenvalue weighted by Crippen LogP contribution is -2.07. The first-order valence-electron chi connectivity index (χ1n) is 6.43. The van der Waals surface area contributed by atoms with Crippen LogP contribution in [-0.2, 0) is 0 Å². The van der Waals surface area contributed by atoms with Crippen LogP contribution < -0.4 is 0 Å². The van der Waals surface area contributed by atoms with Crippen molar-refractivity contribution in [3.63, 3.8) is 0 Å². The molecule has 102 valence electrons. The number of hydrogen-bond donors (Lipinski definition) is 1. The first kappa shape index (κ1) is 13.2. The molecular formula is C16H14FNOS. The van der Waals surface area contributed by atoms with Crippen molar-refractivity contribution >= 4 is 21.4 Å². The molecule has 2 atom stereocenters. The Kier molecular flexibility index (Phi) is 3.51. The molecule has 0 spiro atoms. The highest BCUT2D eigenvalue weighted by Crippen LogP contribution is 2.36. The highest BCUT2D eigenvalue weighted by molar-refractivity contribution is 7.19. The van der Waals surface area contributed by atoms with Gasteiger partial charge in [0.25, 0.3) is 0 Å². The summed E-state index contributed by atoms with van der Waals surface area (Å²) < 4.78 is 14.1. The van der Waals surface area contributed by atoms with Gasteiger partial charge in [-0.05, 0) is 35.7 Å². The maximum Gasteiger partial charge on any atom is 0.124 e. The van der Waals surface area contributed by atoms with Crippen LogP contribution in [0.5, 0.6) is 0 Å². The molecule has 0 aliphatic carbocycles. The van der Waals surface area contributed by atoms with Crippen molar-refractivity contribution in [2.45, 2.75) is 18.9 Å². The zero-order chi connectivity index (χ0) is 14.1. The van der Waals surface area contributed by atoms with Crippen molar-refractivity contribution < 1.29 is 9.50 Å². The monoisotopic (exact) mass is 287 g/mol. The molecule has 2 aromatic heterocycles. The Labute approximate surface area is 120 Å².